The average Bonchev–Trinajstić information content (AvgIpc) is 2.63. The molecule has 0 saturated carbocycles. The molecule has 0 aliphatic rings. The van der Waals surface area contributed by atoms with Crippen molar-refractivity contribution < 1.29 is 17.9 Å². The standard InChI is InChI=1S/C10H6BrF3N2O/c11-8-5-15-9(16-8)17-7-4-2-1-3-6(7)10(12,13)14/h1-5H,(H,15,16). The van der Waals surface area contributed by atoms with Crippen molar-refractivity contribution in [3.8, 4) is 11.8 Å². The summed E-state index contributed by atoms with van der Waals surface area (Å²) in [7, 11) is 0. The molecule has 17 heavy (non-hydrogen) atoms. The van der Waals surface area contributed by atoms with Gasteiger partial charge in [0.05, 0.1) is 11.8 Å². The lowest BCUT2D eigenvalue weighted by Gasteiger charge is -2.11. The monoisotopic (exact) mass is 306 g/mol. The van der Waals surface area contributed by atoms with Gasteiger partial charge in [-0.25, -0.2) is 4.98 Å². The van der Waals surface area contributed by atoms with E-state index in [4.69, 9.17) is 4.74 Å². The molecule has 90 valence electrons. The van der Waals surface area contributed by atoms with Gasteiger partial charge < -0.3 is 9.72 Å². The fourth-order valence-electron chi connectivity index (χ4n) is 1.23. The van der Waals surface area contributed by atoms with E-state index < -0.39 is 11.7 Å². The highest BCUT2D eigenvalue weighted by Gasteiger charge is 2.34. The number of hydrogen-bond donors (Lipinski definition) is 1. The van der Waals surface area contributed by atoms with E-state index in [0.717, 1.165) is 6.07 Å². The first-order chi connectivity index (χ1) is 7.97. The maximum atomic E-state index is 12.6. The number of halogens is 4. The predicted molar refractivity (Wildman–Crippen MR) is 57.8 cm³/mol. The largest absolute Gasteiger partial charge is 0.425 e. The van der Waals surface area contributed by atoms with Gasteiger partial charge in [-0.15, -0.1) is 0 Å². The van der Waals surface area contributed by atoms with Gasteiger partial charge in [0.1, 0.15) is 10.4 Å². The first-order valence-corrected chi connectivity index (χ1v) is 5.31. The molecular formula is C10H6BrF3N2O. The molecule has 0 spiro atoms. The third kappa shape index (κ3) is 2.79. The molecule has 0 saturated heterocycles. The Balaban J connectivity index is 2.33. The highest BCUT2D eigenvalue weighted by atomic mass is 79.9. The molecule has 1 aromatic heterocycles. The number of H-pyrrole nitrogens is 1. The predicted octanol–water partition coefficient (Wildman–Crippen LogP) is 3.98. The summed E-state index contributed by atoms with van der Waals surface area (Å²) in [5.74, 6) is -0.290. The van der Waals surface area contributed by atoms with Crippen molar-refractivity contribution in [3.05, 3.63) is 40.6 Å². The van der Waals surface area contributed by atoms with Crippen molar-refractivity contribution >= 4 is 15.9 Å². The fourth-order valence-corrected chi connectivity index (χ4v) is 1.50. The molecule has 0 unspecified atom stereocenters. The molecular weight excluding hydrogens is 301 g/mol. The number of para-hydroxylation sites is 1. The van der Waals surface area contributed by atoms with Crippen molar-refractivity contribution in [2.45, 2.75) is 6.18 Å². The number of aromatic amines is 1. The van der Waals surface area contributed by atoms with Gasteiger partial charge >= 0.3 is 6.18 Å². The topological polar surface area (TPSA) is 37.9 Å². The first-order valence-electron chi connectivity index (χ1n) is 4.51. The number of rotatable bonds is 2. The highest BCUT2D eigenvalue weighted by molar-refractivity contribution is 9.10. The number of nitrogens with one attached hydrogen (secondary N) is 1. The summed E-state index contributed by atoms with van der Waals surface area (Å²) >= 11 is 3.08. The smallest absolute Gasteiger partial charge is 0.419 e. The van der Waals surface area contributed by atoms with E-state index in [1.54, 1.807) is 0 Å². The number of imidazole rings is 1. The van der Waals surface area contributed by atoms with Gasteiger partial charge in [-0.2, -0.15) is 13.2 Å². The Bertz CT molecular complexity index is 524. The van der Waals surface area contributed by atoms with Crippen LogP contribution < -0.4 is 4.74 Å². The third-order valence-electron chi connectivity index (χ3n) is 1.92. The van der Waals surface area contributed by atoms with Crippen LogP contribution in [0.5, 0.6) is 11.8 Å². The molecule has 0 radical (unpaired) electrons. The summed E-state index contributed by atoms with van der Waals surface area (Å²) in [6.45, 7) is 0. The molecule has 0 fully saturated rings. The summed E-state index contributed by atoms with van der Waals surface area (Å²) in [5.41, 5.74) is -0.840. The zero-order chi connectivity index (χ0) is 12.5. The molecule has 0 aliphatic heterocycles. The van der Waals surface area contributed by atoms with E-state index in [9.17, 15) is 13.2 Å². The van der Waals surface area contributed by atoms with Crippen molar-refractivity contribution in [3.63, 3.8) is 0 Å². The normalized spacial score (nSPS) is 11.5. The second kappa shape index (κ2) is 4.40. The average molecular weight is 307 g/mol. The molecule has 1 heterocycles. The van der Waals surface area contributed by atoms with E-state index in [-0.39, 0.29) is 11.8 Å². The number of alkyl halides is 3. The highest BCUT2D eigenvalue weighted by Crippen LogP contribution is 2.37. The lowest BCUT2D eigenvalue weighted by Crippen LogP contribution is -2.07. The van der Waals surface area contributed by atoms with Crippen LogP contribution in [0.25, 0.3) is 0 Å². The Morgan fingerprint density at radius 1 is 1.24 bits per heavy atom. The Morgan fingerprint density at radius 2 is 1.94 bits per heavy atom. The summed E-state index contributed by atoms with van der Waals surface area (Å²) in [5, 5.41) is 0. The quantitative estimate of drug-likeness (QED) is 0.911. The molecule has 1 aromatic carbocycles. The lowest BCUT2D eigenvalue weighted by molar-refractivity contribution is -0.138. The summed E-state index contributed by atoms with van der Waals surface area (Å²) < 4.78 is 43.5. The van der Waals surface area contributed by atoms with Crippen LogP contribution >= 0.6 is 15.9 Å². The fraction of sp³-hybridized carbons (Fsp3) is 0.100. The van der Waals surface area contributed by atoms with Gasteiger partial charge in [0, 0.05) is 0 Å². The van der Waals surface area contributed by atoms with Crippen molar-refractivity contribution in [1.29, 1.82) is 0 Å². The van der Waals surface area contributed by atoms with E-state index in [1.165, 1.54) is 24.4 Å². The second-order valence-corrected chi connectivity index (χ2v) is 3.99. The van der Waals surface area contributed by atoms with Gasteiger partial charge in [0.15, 0.2) is 0 Å². The minimum atomic E-state index is -4.46. The minimum Gasteiger partial charge on any atom is -0.425 e. The summed E-state index contributed by atoms with van der Waals surface area (Å²) in [6, 6.07) is 4.94. The van der Waals surface area contributed by atoms with Gasteiger partial charge in [0.25, 0.3) is 6.01 Å². The van der Waals surface area contributed by atoms with Crippen LogP contribution in [-0.4, -0.2) is 9.97 Å². The Hall–Kier alpha value is -1.50. The second-order valence-electron chi connectivity index (χ2n) is 3.13. The van der Waals surface area contributed by atoms with Crippen LogP contribution in [0.1, 0.15) is 5.56 Å². The van der Waals surface area contributed by atoms with Gasteiger partial charge in [-0.3, -0.25) is 0 Å². The number of benzene rings is 1. The van der Waals surface area contributed by atoms with Gasteiger partial charge in [-0.1, -0.05) is 12.1 Å². The van der Waals surface area contributed by atoms with E-state index >= 15 is 0 Å². The van der Waals surface area contributed by atoms with Crippen LogP contribution in [0.3, 0.4) is 0 Å². The molecule has 0 amide bonds. The number of hydrogen-bond acceptors (Lipinski definition) is 2. The van der Waals surface area contributed by atoms with Crippen molar-refractivity contribution in [2.75, 3.05) is 0 Å². The van der Waals surface area contributed by atoms with E-state index in [2.05, 4.69) is 25.9 Å². The van der Waals surface area contributed by atoms with Crippen LogP contribution in [0, 0.1) is 0 Å². The maximum absolute atomic E-state index is 12.6. The van der Waals surface area contributed by atoms with Crippen LogP contribution in [0.15, 0.2) is 35.1 Å². The molecule has 0 aliphatic carbocycles. The summed E-state index contributed by atoms with van der Waals surface area (Å²) in [4.78, 5) is 6.36. The molecule has 0 atom stereocenters. The molecule has 2 rings (SSSR count). The van der Waals surface area contributed by atoms with Crippen LogP contribution in [0.4, 0.5) is 13.2 Å². The number of aromatic nitrogens is 2. The van der Waals surface area contributed by atoms with Crippen molar-refractivity contribution in [2.24, 2.45) is 0 Å². The van der Waals surface area contributed by atoms with Crippen LogP contribution in [-0.2, 0) is 6.18 Å². The molecule has 3 nitrogen and oxygen atoms in total. The zero-order valence-corrected chi connectivity index (χ0v) is 9.84. The van der Waals surface area contributed by atoms with E-state index in [0.29, 0.717) is 4.60 Å². The number of nitrogens with zero attached hydrogens (tertiary/aromatic N) is 1. The Labute approximate surface area is 103 Å². The first kappa shape index (κ1) is 12.0. The SMILES string of the molecule is FC(F)(F)c1ccccc1Oc1ncc(Br)[nH]1. The van der Waals surface area contributed by atoms with Crippen molar-refractivity contribution in [1.82, 2.24) is 9.97 Å². The molecule has 2 aromatic rings. The van der Waals surface area contributed by atoms with Gasteiger partial charge in [-0.05, 0) is 28.1 Å². The third-order valence-corrected chi connectivity index (χ3v) is 2.32. The molecule has 1 N–H and O–H groups in total. The van der Waals surface area contributed by atoms with E-state index in [1.807, 2.05) is 0 Å². The maximum Gasteiger partial charge on any atom is 0.419 e. The number of ether oxygens (including phenoxy) is 1. The Kier molecular flexibility index (Phi) is 3.10. The minimum absolute atomic E-state index is 0.00595. The molecule has 7 heteroatoms. The lowest BCUT2D eigenvalue weighted by atomic mass is 10.2. The Morgan fingerprint density at radius 3 is 2.53 bits per heavy atom. The zero-order valence-electron chi connectivity index (χ0n) is 8.25. The van der Waals surface area contributed by atoms with Gasteiger partial charge in [0.2, 0.25) is 0 Å². The molecule has 0 bridgehead atoms. The summed E-state index contributed by atoms with van der Waals surface area (Å²) in [6.07, 6.45) is -3.06. The van der Waals surface area contributed by atoms with Crippen LogP contribution in [0.2, 0.25) is 0 Å².